The molecule has 1 N–H and O–H groups in total. The second-order valence-corrected chi connectivity index (χ2v) is 4.84. The van der Waals surface area contributed by atoms with Gasteiger partial charge in [0.2, 0.25) is 0 Å². The molecule has 0 aliphatic carbocycles. The van der Waals surface area contributed by atoms with Crippen LogP contribution in [0.3, 0.4) is 0 Å². The van der Waals surface area contributed by atoms with Crippen LogP contribution in [0.5, 0.6) is 5.75 Å². The van der Waals surface area contributed by atoms with Gasteiger partial charge >= 0.3 is 0 Å². The molecule has 4 nitrogen and oxygen atoms in total. The first-order chi connectivity index (χ1) is 7.63. The smallest absolute Gasteiger partial charge is 0.119 e. The Labute approximate surface area is 97.5 Å². The van der Waals surface area contributed by atoms with Crippen molar-refractivity contribution in [3.05, 3.63) is 29.8 Å². The minimum Gasteiger partial charge on any atom is -0.772 e. The molecule has 0 heterocycles. The minimum absolute atomic E-state index is 0.0296. The summed E-state index contributed by atoms with van der Waals surface area (Å²) in [7, 11) is 0. The molecule has 2 atom stereocenters. The lowest BCUT2D eigenvalue weighted by atomic mass is 10.2. The quantitative estimate of drug-likeness (QED) is 0.763. The van der Waals surface area contributed by atoms with Gasteiger partial charge in [-0.15, -0.1) is 0 Å². The predicted molar refractivity (Wildman–Crippen MR) is 60.9 cm³/mol. The maximum Gasteiger partial charge on any atom is 0.119 e. The summed E-state index contributed by atoms with van der Waals surface area (Å²) in [4.78, 5) is 0. The lowest BCUT2D eigenvalue weighted by Crippen LogP contribution is -2.14. The summed E-state index contributed by atoms with van der Waals surface area (Å²) in [6.45, 7) is 1.96. The molecule has 5 heteroatoms. The molecule has 0 saturated carbocycles. The second-order valence-electron chi connectivity index (χ2n) is 3.51. The molecule has 0 aliphatic rings. The van der Waals surface area contributed by atoms with Gasteiger partial charge < -0.3 is 14.4 Å². The number of rotatable bonds is 6. The zero-order valence-corrected chi connectivity index (χ0v) is 9.90. The number of hydrogen-bond acceptors (Lipinski definition) is 4. The van der Waals surface area contributed by atoms with Crippen LogP contribution in [0.2, 0.25) is 0 Å². The monoisotopic (exact) mass is 243 g/mol. The van der Waals surface area contributed by atoms with E-state index in [1.165, 1.54) is 0 Å². The zero-order valence-electron chi connectivity index (χ0n) is 9.09. The van der Waals surface area contributed by atoms with Crippen LogP contribution in [0.1, 0.15) is 18.9 Å². The summed E-state index contributed by atoms with van der Waals surface area (Å²) in [5.41, 5.74) is 0.776. The summed E-state index contributed by atoms with van der Waals surface area (Å²) < 4.78 is 26.5. The standard InChI is InChI=1S/C11H16O4S/c1-9(16(13)14)5-6-15-11-4-2-3-10(7-11)8-12/h2-4,7,9,12H,5-6,8H2,1H3,(H,13,14)/p-1. The molecule has 90 valence electrons. The maximum absolute atomic E-state index is 10.6. The Bertz CT molecular complexity index is 354. The topological polar surface area (TPSA) is 69.6 Å². The highest BCUT2D eigenvalue weighted by atomic mass is 32.2. The van der Waals surface area contributed by atoms with Crippen LogP contribution < -0.4 is 4.74 Å². The molecule has 16 heavy (non-hydrogen) atoms. The Morgan fingerprint density at radius 3 is 2.94 bits per heavy atom. The molecule has 1 aromatic carbocycles. The van der Waals surface area contributed by atoms with E-state index in [0.717, 1.165) is 5.56 Å². The van der Waals surface area contributed by atoms with E-state index in [9.17, 15) is 8.76 Å². The van der Waals surface area contributed by atoms with Gasteiger partial charge in [-0.05, 0) is 24.1 Å². The van der Waals surface area contributed by atoms with Crippen molar-refractivity contribution in [2.45, 2.75) is 25.2 Å². The molecule has 2 unspecified atom stereocenters. The summed E-state index contributed by atoms with van der Waals surface area (Å²) in [6.07, 6.45) is 0.458. The van der Waals surface area contributed by atoms with Crippen LogP contribution in [0.4, 0.5) is 0 Å². The summed E-state index contributed by atoms with van der Waals surface area (Å²) in [6, 6.07) is 7.09. The zero-order chi connectivity index (χ0) is 12.0. The van der Waals surface area contributed by atoms with Crippen LogP contribution in [-0.4, -0.2) is 25.7 Å². The van der Waals surface area contributed by atoms with E-state index in [2.05, 4.69) is 0 Å². The van der Waals surface area contributed by atoms with Crippen molar-refractivity contribution in [1.82, 2.24) is 0 Å². The van der Waals surface area contributed by atoms with Crippen molar-refractivity contribution in [1.29, 1.82) is 0 Å². The lowest BCUT2D eigenvalue weighted by Gasteiger charge is -2.14. The molecule has 0 aromatic heterocycles. The Morgan fingerprint density at radius 1 is 1.56 bits per heavy atom. The highest BCUT2D eigenvalue weighted by Crippen LogP contribution is 2.14. The van der Waals surface area contributed by atoms with Gasteiger partial charge in [-0.25, -0.2) is 0 Å². The molecule has 1 aromatic rings. The minimum atomic E-state index is -2.04. The summed E-state index contributed by atoms with van der Waals surface area (Å²) >= 11 is -2.04. The Kier molecular flexibility index (Phi) is 5.45. The number of aliphatic hydroxyl groups is 1. The average Bonchev–Trinajstić information content (AvgIpc) is 2.29. The largest absolute Gasteiger partial charge is 0.772 e. The lowest BCUT2D eigenvalue weighted by molar-refractivity contribution is 0.278. The van der Waals surface area contributed by atoms with Gasteiger partial charge in [0.15, 0.2) is 0 Å². The van der Waals surface area contributed by atoms with Crippen molar-refractivity contribution < 1.29 is 18.6 Å². The van der Waals surface area contributed by atoms with E-state index in [1.54, 1.807) is 31.2 Å². The van der Waals surface area contributed by atoms with Crippen molar-refractivity contribution in [2.75, 3.05) is 6.61 Å². The Morgan fingerprint density at radius 2 is 2.31 bits per heavy atom. The molecule has 0 radical (unpaired) electrons. The van der Waals surface area contributed by atoms with E-state index < -0.39 is 16.3 Å². The molecule has 1 rings (SSSR count). The van der Waals surface area contributed by atoms with Crippen LogP contribution in [-0.2, 0) is 17.7 Å². The van der Waals surface area contributed by atoms with Crippen LogP contribution in [0, 0.1) is 0 Å². The van der Waals surface area contributed by atoms with E-state index in [0.29, 0.717) is 18.8 Å². The third-order valence-corrected chi connectivity index (χ3v) is 3.10. The van der Waals surface area contributed by atoms with Gasteiger partial charge in [0, 0.05) is 5.25 Å². The van der Waals surface area contributed by atoms with E-state index >= 15 is 0 Å². The molecule has 0 bridgehead atoms. The fourth-order valence-electron chi connectivity index (χ4n) is 1.17. The Hall–Kier alpha value is -0.910. The molecule has 0 spiro atoms. The molecule has 0 fully saturated rings. The first kappa shape index (κ1) is 13.2. The second kappa shape index (κ2) is 6.62. The highest BCUT2D eigenvalue weighted by Gasteiger charge is 2.02. The van der Waals surface area contributed by atoms with Gasteiger partial charge in [0.05, 0.1) is 13.2 Å². The maximum atomic E-state index is 10.6. The third kappa shape index (κ3) is 4.30. The van der Waals surface area contributed by atoms with Crippen LogP contribution in [0.25, 0.3) is 0 Å². The third-order valence-electron chi connectivity index (χ3n) is 2.20. The molecular formula is C11H15O4S-. The summed E-state index contributed by atoms with van der Waals surface area (Å²) in [5, 5.41) is 8.51. The van der Waals surface area contributed by atoms with Crippen molar-refractivity contribution in [3.8, 4) is 5.75 Å². The van der Waals surface area contributed by atoms with Gasteiger partial charge in [-0.2, -0.15) is 0 Å². The van der Waals surface area contributed by atoms with Gasteiger partial charge in [-0.1, -0.05) is 30.1 Å². The van der Waals surface area contributed by atoms with Gasteiger partial charge in [0.1, 0.15) is 5.75 Å². The molecule has 0 saturated heterocycles. The van der Waals surface area contributed by atoms with Crippen LogP contribution >= 0.6 is 0 Å². The van der Waals surface area contributed by atoms with E-state index in [-0.39, 0.29) is 6.61 Å². The SMILES string of the molecule is CC(CCOc1cccc(CO)c1)S(=O)[O-]. The molecular weight excluding hydrogens is 228 g/mol. The van der Waals surface area contributed by atoms with Crippen molar-refractivity contribution >= 4 is 11.1 Å². The molecule has 0 amide bonds. The number of aliphatic hydroxyl groups excluding tert-OH is 1. The average molecular weight is 243 g/mol. The van der Waals surface area contributed by atoms with Gasteiger partial charge in [-0.3, -0.25) is 4.21 Å². The van der Waals surface area contributed by atoms with Gasteiger partial charge in [0.25, 0.3) is 0 Å². The number of hydrogen-bond donors (Lipinski definition) is 1. The van der Waals surface area contributed by atoms with E-state index in [4.69, 9.17) is 9.84 Å². The number of ether oxygens (including phenoxy) is 1. The Balaban J connectivity index is 2.39. The highest BCUT2D eigenvalue weighted by molar-refractivity contribution is 7.79. The fraction of sp³-hybridized carbons (Fsp3) is 0.455. The summed E-state index contributed by atoms with van der Waals surface area (Å²) in [5.74, 6) is 0.649. The first-order valence-electron chi connectivity index (χ1n) is 5.04. The first-order valence-corrected chi connectivity index (χ1v) is 6.18. The number of benzene rings is 1. The predicted octanol–water partition coefficient (Wildman–Crippen LogP) is 1.22. The molecule has 0 aliphatic heterocycles. The normalized spacial score (nSPS) is 14.4. The van der Waals surface area contributed by atoms with Crippen LogP contribution in [0.15, 0.2) is 24.3 Å². The van der Waals surface area contributed by atoms with E-state index in [1.807, 2.05) is 0 Å². The fourth-order valence-corrected chi connectivity index (χ4v) is 1.46. The van der Waals surface area contributed by atoms with Crippen molar-refractivity contribution in [2.24, 2.45) is 0 Å². The van der Waals surface area contributed by atoms with Crippen molar-refractivity contribution in [3.63, 3.8) is 0 Å².